The average molecular weight is 526 g/mol. The number of fused-ring (bicyclic) bond motifs is 1. The lowest BCUT2D eigenvalue weighted by molar-refractivity contribution is 0.0917. The SMILES string of the molecule is C=CCN(CC=C)S(=O)(=O)c1ccc(C(=O)N(CC2CCCO2)c2nc3c(CC)cccc3s2)cc1. The van der Waals surface area contributed by atoms with Crippen LogP contribution in [-0.2, 0) is 21.2 Å². The Balaban J connectivity index is 1.66. The maximum absolute atomic E-state index is 13.7. The van der Waals surface area contributed by atoms with Crippen molar-refractivity contribution in [1.82, 2.24) is 9.29 Å². The first-order chi connectivity index (χ1) is 17.4. The molecule has 1 unspecified atom stereocenters. The van der Waals surface area contributed by atoms with Gasteiger partial charge in [0, 0.05) is 25.3 Å². The molecule has 0 bridgehead atoms. The fourth-order valence-corrected chi connectivity index (χ4v) is 6.67. The Morgan fingerprint density at radius 1 is 1.17 bits per heavy atom. The summed E-state index contributed by atoms with van der Waals surface area (Å²) in [6.07, 6.45) is 5.70. The molecule has 190 valence electrons. The van der Waals surface area contributed by atoms with E-state index in [0.717, 1.165) is 35.0 Å². The zero-order valence-corrected chi connectivity index (χ0v) is 22.1. The number of sulfonamides is 1. The second-order valence-electron chi connectivity index (χ2n) is 8.59. The van der Waals surface area contributed by atoms with E-state index in [1.165, 1.54) is 39.9 Å². The monoisotopic (exact) mass is 525 g/mol. The Labute approximate surface area is 216 Å². The normalized spacial score (nSPS) is 15.9. The highest BCUT2D eigenvalue weighted by atomic mass is 32.2. The van der Waals surface area contributed by atoms with Gasteiger partial charge in [-0.1, -0.05) is 42.5 Å². The number of nitrogens with zero attached hydrogens (tertiary/aromatic N) is 3. The molecule has 1 aromatic heterocycles. The zero-order chi connectivity index (χ0) is 25.7. The van der Waals surface area contributed by atoms with Crippen LogP contribution in [0, 0.1) is 0 Å². The summed E-state index contributed by atoms with van der Waals surface area (Å²) in [5.41, 5.74) is 2.44. The molecular weight excluding hydrogens is 494 g/mol. The first-order valence-corrected chi connectivity index (χ1v) is 14.3. The van der Waals surface area contributed by atoms with Crippen LogP contribution >= 0.6 is 11.3 Å². The number of carbonyl (C=O) groups excluding carboxylic acids is 1. The van der Waals surface area contributed by atoms with Gasteiger partial charge in [0.1, 0.15) is 0 Å². The largest absolute Gasteiger partial charge is 0.376 e. The predicted molar refractivity (Wildman–Crippen MR) is 145 cm³/mol. The number of aromatic nitrogens is 1. The van der Waals surface area contributed by atoms with Crippen molar-refractivity contribution in [3.05, 3.63) is 78.9 Å². The van der Waals surface area contributed by atoms with E-state index in [-0.39, 0.29) is 30.0 Å². The van der Waals surface area contributed by atoms with E-state index in [1.54, 1.807) is 17.0 Å². The maximum Gasteiger partial charge on any atom is 0.260 e. The predicted octanol–water partition coefficient (Wildman–Crippen LogP) is 5.05. The molecule has 1 aliphatic heterocycles. The van der Waals surface area contributed by atoms with Gasteiger partial charge < -0.3 is 4.74 Å². The smallest absolute Gasteiger partial charge is 0.260 e. The summed E-state index contributed by atoms with van der Waals surface area (Å²) in [5, 5.41) is 0.617. The van der Waals surface area contributed by atoms with E-state index < -0.39 is 10.0 Å². The lowest BCUT2D eigenvalue weighted by Crippen LogP contribution is -2.37. The molecule has 36 heavy (non-hydrogen) atoms. The molecule has 0 spiro atoms. The summed E-state index contributed by atoms with van der Waals surface area (Å²) < 4.78 is 34.2. The molecule has 1 aliphatic rings. The minimum Gasteiger partial charge on any atom is -0.376 e. The fourth-order valence-electron chi connectivity index (χ4n) is 4.27. The van der Waals surface area contributed by atoms with Gasteiger partial charge in [-0.15, -0.1) is 13.2 Å². The number of benzene rings is 2. The standard InChI is InChI=1S/C27H31N3O4S2/c1-4-16-29(17-5-2)36(32,33)23-14-12-21(13-15-23)26(31)30(19-22-10-8-18-34-22)27-28-25-20(6-3)9-7-11-24(25)35-27/h4-5,7,9,11-15,22H,1-2,6,8,10,16-19H2,3H3. The maximum atomic E-state index is 13.7. The fraction of sp³-hybridized carbons (Fsp3) is 0.333. The van der Waals surface area contributed by atoms with Gasteiger partial charge in [-0.05, 0) is 55.2 Å². The number of ether oxygens (including phenoxy) is 1. The van der Waals surface area contributed by atoms with Crippen LogP contribution in [0.4, 0.5) is 5.13 Å². The molecule has 3 aromatic rings. The van der Waals surface area contributed by atoms with Gasteiger partial charge in [-0.2, -0.15) is 4.31 Å². The molecule has 2 heterocycles. The number of para-hydroxylation sites is 1. The van der Waals surface area contributed by atoms with Crippen molar-refractivity contribution in [2.45, 2.75) is 37.2 Å². The first-order valence-electron chi connectivity index (χ1n) is 12.0. The van der Waals surface area contributed by atoms with Gasteiger partial charge in [0.05, 0.1) is 27.8 Å². The third-order valence-corrected chi connectivity index (χ3v) is 9.05. The summed E-state index contributed by atoms with van der Waals surface area (Å²) in [6.45, 7) is 10.8. The Morgan fingerprint density at radius 3 is 2.50 bits per heavy atom. The summed E-state index contributed by atoms with van der Waals surface area (Å²) in [5.74, 6) is -0.236. The number of hydrogen-bond donors (Lipinski definition) is 0. The van der Waals surface area contributed by atoms with Crippen LogP contribution in [0.2, 0.25) is 0 Å². The van der Waals surface area contributed by atoms with Crippen molar-refractivity contribution in [3.63, 3.8) is 0 Å². The highest BCUT2D eigenvalue weighted by Crippen LogP contribution is 2.33. The lowest BCUT2D eigenvalue weighted by atomic mass is 10.1. The Kier molecular flexibility index (Phi) is 8.35. The van der Waals surface area contributed by atoms with Gasteiger partial charge in [0.2, 0.25) is 10.0 Å². The van der Waals surface area contributed by atoms with E-state index in [1.807, 2.05) is 12.1 Å². The second kappa shape index (κ2) is 11.5. The molecule has 7 nitrogen and oxygen atoms in total. The molecule has 0 radical (unpaired) electrons. The van der Waals surface area contributed by atoms with Gasteiger partial charge in [-0.25, -0.2) is 13.4 Å². The molecule has 1 amide bonds. The van der Waals surface area contributed by atoms with Crippen molar-refractivity contribution in [3.8, 4) is 0 Å². The molecule has 4 rings (SSSR count). The molecule has 1 fully saturated rings. The van der Waals surface area contributed by atoms with E-state index in [9.17, 15) is 13.2 Å². The van der Waals surface area contributed by atoms with Crippen LogP contribution < -0.4 is 4.90 Å². The summed E-state index contributed by atoms with van der Waals surface area (Å²) in [4.78, 5) is 20.3. The molecule has 9 heteroatoms. The number of thiazole rings is 1. The Bertz CT molecular complexity index is 1330. The van der Waals surface area contributed by atoms with Crippen molar-refractivity contribution < 1.29 is 17.9 Å². The summed E-state index contributed by atoms with van der Waals surface area (Å²) in [7, 11) is -3.75. The molecule has 0 aliphatic carbocycles. The van der Waals surface area contributed by atoms with E-state index in [2.05, 4.69) is 26.1 Å². The lowest BCUT2D eigenvalue weighted by Gasteiger charge is -2.23. The van der Waals surface area contributed by atoms with Crippen molar-refractivity contribution in [1.29, 1.82) is 0 Å². The number of carbonyl (C=O) groups is 1. The number of anilines is 1. The number of aryl methyl sites for hydroxylation is 1. The summed E-state index contributed by atoms with van der Waals surface area (Å²) >= 11 is 1.48. The van der Waals surface area contributed by atoms with Gasteiger partial charge in [0.15, 0.2) is 5.13 Å². The third-order valence-electron chi connectivity index (χ3n) is 6.16. The quantitative estimate of drug-likeness (QED) is 0.328. The van der Waals surface area contributed by atoms with Gasteiger partial charge in [0.25, 0.3) is 5.91 Å². The number of rotatable bonds is 11. The zero-order valence-electron chi connectivity index (χ0n) is 20.4. The van der Waals surface area contributed by atoms with Crippen LogP contribution in [0.3, 0.4) is 0 Å². The first kappa shape index (κ1) is 26.2. The van der Waals surface area contributed by atoms with E-state index in [4.69, 9.17) is 9.72 Å². The van der Waals surface area contributed by atoms with Gasteiger partial charge >= 0.3 is 0 Å². The highest BCUT2D eigenvalue weighted by molar-refractivity contribution is 7.89. The van der Waals surface area contributed by atoms with Crippen LogP contribution in [0.25, 0.3) is 10.2 Å². The minimum atomic E-state index is -3.75. The molecule has 1 atom stereocenters. The molecule has 1 saturated heterocycles. The van der Waals surface area contributed by atoms with Crippen molar-refractivity contribution >= 4 is 42.6 Å². The number of amides is 1. The van der Waals surface area contributed by atoms with Crippen LogP contribution in [0.1, 0.15) is 35.7 Å². The molecule has 0 N–H and O–H groups in total. The molecule has 2 aromatic carbocycles. The van der Waals surface area contributed by atoms with Crippen molar-refractivity contribution in [2.75, 3.05) is 31.1 Å². The Morgan fingerprint density at radius 2 is 1.89 bits per heavy atom. The molecule has 0 saturated carbocycles. The van der Waals surface area contributed by atoms with Gasteiger partial charge in [-0.3, -0.25) is 9.69 Å². The van der Waals surface area contributed by atoms with Crippen molar-refractivity contribution in [2.24, 2.45) is 0 Å². The van der Waals surface area contributed by atoms with Crippen LogP contribution in [0.15, 0.2) is 72.7 Å². The third kappa shape index (κ3) is 5.44. The highest BCUT2D eigenvalue weighted by Gasteiger charge is 2.28. The Hall–Kier alpha value is -2.85. The number of hydrogen-bond acceptors (Lipinski definition) is 6. The average Bonchev–Trinajstić information content (AvgIpc) is 3.56. The van der Waals surface area contributed by atoms with Crippen LogP contribution in [-0.4, -0.2) is 56.0 Å². The molecular formula is C27H31N3O4S2. The van der Waals surface area contributed by atoms with Crippen LogP contribution in [0.5, 0.6) is 0 Å². The van der Waals surface area contributed by atoms with E-state index in [0.29, 0.717) is 23.8 Å². The second-order valence-corrected chi connectivity index (χ2v) is 11.5. The van der Waals surface area contributed by atoms with E-state index >= 15 is 0 Å². The summed E-state index contributed by atoms with van der Waals surface area (Å²) in [6, 6.07) is 12.1. The minimum absolute atomic E-state index is 0.0578. The topological polar surface area (TPSA) is 79.8 Å².